The van der Waals surface area contributed by atoms with Crippen LogP contribution in [-0.4, -0.2) is 63.2 Å². The van der Waals surface area contributed by atoms with Gasteiger partial charge in [0.1, 0.15) is 5.75 Å². The Hall–Kier alpha value is -1.44. The average Bonchev–Trinajstić information content (AvgIpc) is 2.54. The van der Waals surface area contributed by atoms with Gasteiger partial charge in [-0.05, 0) is 24.3 Å². The normalized spacial score (nSPS) is 17.7. The van der Waals surface area contributed by atoms with E-state index < -0.39 is 10.0 Å². The minimum absolute atomic E-state index is 0.175. The Labute approximate surface area is 144 Å². The average molecular weight is 354 g/mol. The first-order chi connectivity index (χ1) is 11.1. The third-order valence-electron chi connectivity index (χ3n) is 4.23. The molecule has 0 radical (unpaired) electrons. The molecular weight excluding hydrogens is 328 g/mol. The topological polar surface area (TPSA) is 66.9 Å². The van der Waals surface area contributed by atoms with E-state index in [1.54, 1.807) is 31.4 Å². The zero-order chi connectivity index (χ0) is 18.0. The van der Waals surface area contributed by atoms with Crippen LogP contribution >= 0.6 is 0 Å². The number of hydrogen-bond donors (Lipinski definition) is 0. The van der Waals surface area contributed by atoms with Crippen LogP contribution in [-0.2, 0) is 14.8 Å². The SMILES string of the molecule is COc1ccc(S(=O)(=O)N2CCN(CC(=O)C(C)(C)C)CC2)cc1. The third-order valence-corrected chi connectivity index (χ3v) is 6.15. The number of carbonyl (C=O) groups excluding carboxylic acids is 1. The minimum atomic E-state index is -3.50. The van der Waals surface area contributed by atoms with E-state index in [-0.39, 0.29) is 16.1 Å². The fraction of sp³-hybridized carbons (Fsp3) is 0.588. The Morgan fingerprint density at radius 1 is 1.08 bits per heavy atom. The lowest BCUT2D eigenvalue weighted by molar-refractivity contribution is -0.127. The maximum Gasteiger partial charge on any atom is 0.243 e. The number of rotatable bonds is 5. The van der Waals surface area contributed by atoms with Crippen molar-refractivity contribution in [1.29, 1.82) is 0 Å². The molecule has 134 valence electrons. The standard InChI is InChI=1S/C17H26N2O4S/c1-17(2,3)16(20)13-18-9-11-19(12-10-18)24(21,22)15-7-5-14(23-4)6-8-15/h5-8H,9-13H2,1-4H3. The second-order valence-electron chi connectivity index (χ2n) is 7.03. The van der Waals surface area contributed by atoms with E-state index in [9.17, 15) is 13.2 Å². The quantitative estimate of drug-likeness (QED) is 0.804. The molecule has 1 aromatic rings. The molecule has 0 aromatic heterocycles. The molecule has 0 N–H and O–H groups in total. The van der Waals surface area contributed by atoms with Gasteiger partial charge in [-0.2, -0.15) is 4.31 Å². The molecule has 1 aliphatic heterocycles. The molecule has 1 fully saturated rings. The molecule has 0 saturated carbocycles. The highest BCUT2D eigenvalue weighted by atomic mass is 32.2. The summed E-state index contributed by atoms with van der Waals surface area (Å²) in [5.41, 5.74) is -0.369. The summed E-state index contributed by atoms with van der Waals surface area (Å²) < 4.78 is 31.9. The van der Waals surface area contributed by atoms with E-state index >= 15 is 0 Å². The largest absolute Gasteiger partial charge is 0.497 e. The molecular formula is C17H26N2O4S. The van der Waals surface area contributed by atoms with Crippen molar-refractivity contribution in [2.75, 3.05) is 39.8 Å². The van der Waals surface area contributed by atoms with Crippen LogP contribution in [0, 0.1) is 5.41 Å². The van der Waals surface area contributed by atoms with Crippen molar-refractivity contribution in [2.45, 2.75) is 25.7 Å². The summed E-state index contributed by atoms with van der Waals surface area (Å²) in [4.78, 5) is 14.4. The zero-order valence-electron chi connectivity index (χ0n) is 14.8. The van der Waals surface area contributed by atoms with Crippen molar-refractivity contribution >= 4 is 15.8 Å². The molecule has 0 unspecified atom stereocenters. The zero-order valence-corrected chi connectivity index (χ0v) is 15.6. The van der Waals surface area contributed by atoms with Crippen LogP contribution in [0.5, 0.6) is 5.75 Å². The molecule has 0 atom stereocenters. The van der Waals surface area contributed by atoms with Crippen LogP contribution < -0.4 is 4.74 Å². The van der Waals surface area contributed by atoms with E-state index in [1.165, 1.54) is 4.31 Å². The maximum atomic E-state index is 12.7. The van der Waals surface area contributed by atoms with Crippen LogP contribution in [0.4, 0.5) is 0 Å². The Morgan fingerprint density at radius 2 is 1.62 bits per heavy atom. The molecule has 1 aromatic carbocycles. The molecule has 0 bridgehead atoms. The highest BCUT2D eigenvalue weighted by Gasteiger charge is 2.30. The van der Waals surface area contributed by atoms with E-state index in [1.807, 2.05) is 25.7 Å². The number of ketones is 1. The molecule has 1 heterocycles. The lowest BCUT2D eigenvalue weighted by Gasteiger charge is -2.34. The van der Waals surface area contributed by atoms with Crippen molar-refractivity contribution in [3.05, 3.63) is 24.3 Å². The van der Waals surface area contributed by atoms with Crippen LogP contribution in [0.15, 0.2) is 29.2 Å². The first kappa shape index (κ1) is 18.9. The van der Waals surface area contributed by atoms with E-state index in [0.717, 1.165) is 0 Å². The number of ether oxygens (including phenoxy) is 1. The summed E-state index contributed by atoms with van der Waals surface area (Å²) in [5.74, 6) is 0.799. The van der Waals surface area contributed by atoms with Crippen LogP contribution in [0.1, 0.15) is 20.8 Å². The number of piperazine rings is 1. The van der Waals surface area contributed by atoms with Crippen molar-refractivity contribution in [2.24, 2.45) is 5.41 Å². The Bertz CT molecular complexity index is 670. The van der Waals surface area contributed by atoms with Gasteiger partial charge >= 0.3 is 0 Å². The van der Waals surface area contributed by atoms with Gasteiger partial charge in [0.05, 0.1) is 18.6 Å². The number of carbonyl (C=O) groups is 1. The first-order valence-electron chi connectivity index (χ1n) is 8.04. The highest BCUT2D eigenvalue weighted by Crippen LogP contribution is 2.21. The number of benzene rings is 1. The highest BCUT2D eigenvalue weighted by molar-refractivity contribution is 7.89. The smallest absolute Gasteiger partial charge is 0.243 e. The van der Waals surface area contributed by atoms with E-state index in [4.69, 9.17) is 4.74 Å². The van der Waals surface area contributed by atoms with Gasteiger partial charge in [-0.15, -0.1) is 0 Å². The van der Waals surface area contributed by atoms with Crippen LogP contribution in [0.25, 0.3) is 0 Å². The third kappa shape index (κ3) is 4.34. The van der Waals surface area contributed by atoms with Gasteiger partial charge in [0.25, 0.3) is 0 Å². The van der Waals surface area contributed by atoms with Gasteiger partial charge in [0.15, 0.2) is 5.78 Å². The van der Waals surface area contributed by atoms with Crippen LogP contribution in [0.2, 0.25) is 0 Å². The van der Waals surface area contributed by atoms with Gasteiger partial charge in [-0.25, -0.2) is 8.42 Å². The van der Waals surface area contributed by atoms with Crippen molar-refractivity contribution in [3.8, 4) is 5.75 Å². The Morgan fingerprint density at radius 3 is 2.08 bits per heavy atom. The maximum absolute atomic E-state index is 12.7. The molecule has 6 nitrogen and oxygen atoms in total. The lowest BCUT2D eigenvalue weighted by Crippen LogP contribution is -2.50. The molecule has 1 aliphatic rings. The predicted molar refractivity (Wildman–Crippen MR) is 92.7 cm³/mol. The van der Waals surface area contributed by atoms with Gasteiger partial charge in [-0.3, -0.25) is 9.69 Å². The molecule has 0 spiro atoms. The molecule has 24 heavy (non-hydrogen) atoms. The van der Waals surface area contributed by atoms with Crippen molar-refractivity contribution in [3.63, 3.8) is 0 Å². The summed E-state index contributed by atoms with van der Waals surface area (Å²) in [6, 6.07) is 6.41. The fourth-order valence-electron chi connectivity index (χ4n) is 2.47. The lowest BCUT2D eigenvalue weighted by atomic mass is 9.90. The Balaban J connectivity index is 1.99. The molecule has 1 saturated heterocycles. The Kier molecular flexibility index (Phi) is 5.67. The number of hydrogen-bond acceptors (Lipinski definition) is 5. The fourth-order valence-corrected chi connectivity index (χ4v) is 3.89. The van der Waals surface area contributed by atoms with Gasteiger partial charge < -0.3 is 4.74 Å². The second-order valence-corrected chi connectivity index (χ2v) is 8.97. The number of sulfonamides is 1. The first-order valence-corrected chi connectivity index (χ1v) is 9.48. The van der Waals surface area contributed by atoms with Crippen molar-refractivity contribution in [1.82, 2.24) is 9.21 Å². The molecule has 0 aliphatic carbocycles. The second kappa shape index (κ2) is 7.21. The van der Waals surface area contributed by atoms with Crippen molar-refractivity contribution < 1.29 is 17.9 Å². The summed E-state index contributed by atoms with van der Waals surface area (Å²) in [5, 5.41) is 0. The van der Waals surface area contributed by atoms with Gasteiger partial charge in [0, 0.05) is 31.6 Å². The summed E-state index contributed by atoms with van der Waals surface area (Å²) in [6.07, 6.45) is 0. The minimum Gasteiger partial charge on any atom is -0.497 e. The van der Waals surface area contributed by atoms with E-state index in [2.05, 4.69) is 0 Å². The van der Waals surface area contributed by atoms with Gasteiger partial charge in [0.2, 0.25) is 10.0 Å². The molecule has 7 heteroatoms. The molecule has 2 rings (SSSR count). The number of nitrogens with zero attached hydrogens (tertiary/aromatic N) is 2. The summed E-state index contributed by atoms with van der Waals surface area (Å²) in [7, 11) is -1.96. The molecule has 0 amide bonds. The number of methoxy groups -OCH3 is 1. The summed E-state index contributed by atoms with van der Waals surface area (Å²) in [6.45, 7) is 8.01. The monoisotopic (exact) mass is 354 g/mol. The number of Topliss-reactive ketones (excluding diaryl/α,β-unsaturated/α-hetero) is 1. The summed E-state index contributed by atoms with van der Waals surface area (Å²) >= 11 is 0. The van der Waals surface area contributed by atoms with Gasteiger partial charge in [-0.1, -0.05) is 20.8 Å². The predicted octanol–water partition coefficient (Wildman–Crippen LogP) is 1.62. The van der Waals surface area contributed by atoms with E-state index in [0.29, 0.717) is 38.5 Å². The van der Waals surface area contributed by atoms with Crippen LogP contribution in [0.3, 0.4) is 0 Å².